The number of ether oxygens (including phenoxy) is 1. The summed E-state index contributed by atoms with van der Waals surface area (Å²) in [6.45, 7) is 1.64. The number of quaternary nitrogens is 1. The lowest BCUT2D eigenvalue weighted by molar-refractivity contribution is -0.858. The highest BCUT2D eigenvalue weighted by atomic mass is 35.5. The molecule has 0 aliphatic heterocycles. The Bertz CT molecular complexity index is 511. The van der Waals surface area contributed by atoms with Crippen LogP contribution < -0.4 is 9.64 Å². The van der Waals surface area contributed by atoms with Gasteiger partial charge in [0.15, 0.2) is 0 Å². The minimum absolute atomic E-state index is 0.681. The summed E-state index contributed by atoms with van der Waals surface area (Å²) >= 11 is 6.33. The highest BCUT2D eigenvalue weighted by Gasteiger charge is 2.06. The minimum atomic E-state index is 0.681. The Labute approximate surface area is 107 Å². The number of likely N-dealkylation sites (N-methyl/N-ethyl adjacent to an activating group) is 1. The van der Waals surface area contributed by atoms with Gasteiger partial charge < -0.3 is 9.64 Å². The van der Waals surface area contributed by atoms with Gasteiger partial charge in [-0.05, 0) is 11.5 Å². The van der Waals surface area contributed by atoms with Crippen molar-refractivity contribution in [2.45, 2.75) is 0 Å². The third-order valence-corrected chi connectivity index (χ3v) is 3.08. The van der Waals surface area contributed by atoms with Crippen LogP contribution in [0.25, 0.3) is 10.8 Å². The molecule has 1 N–H and O–H groups in total. The van der Waals surface area contributed by atoms with Crippen molar-refractivity contribution in [2.24, 2.45) is 0 Å². The zero-order valence-electron chi connectivity index (χ0n) is 10.2. The number of hydrogen-bond acceptors (Lipinski definition) is 1. The summed E-state index contributed by atoms with van der Waals surface area (Å²) < 4.78 is 5.70. The van der Waals surface area contributed by atoms with E-state index in [2.05, 4.69) is 20.2 Å². The molecule has 0 heterocycles. The molecule has 2 aromatic carbocycles. The third kappa shape index (κ3) is 2.90. The van der Waals surface area contributed by atoms with Crippen LogP contribution in [-0.4, -0.2) is 27.2 Å². The van der Waals surface area contributed by atoms with Crippen molar-refractivity contribution in [1.82, 2.24) is 0 Å². The second-order valence-corrected chi connectivity index (χ2v) is 4.78. The van der Waals surface area contributed by atoms with Crippen LogP contribution in [-0.2, 0) is 0 Å². The van der Waals surface area contributed by atoms with Gasteiger partial charge in [-0.1, -0.05) is 41.9 Å². The molecule has 0 saturated heterocycles. The zero-order chi connectivity index (χ0) is 12.3. The van der Waals surface area contributed by atoms with Gasteiger partial charge >= 0.3 is 0 Å². The third-order valence-electron chi connectivity index (χ3n) is 2.69. The SMILES string of the molecule is C[NH+](C)CCOc1ccc2ccccc2c1Cl. The van der Waals surface area contributed by atoms with Gasteiger partial charge in [0, 0.05) is 5.39 Å². The maximum absolute atomic E-state index is 6.33. The number of rotatable bonds is 4. The van der Waals surface area contributed by atoms with Crippen LogP contribution in [0.15, 0.2) is 36.4 Å². The lowest BCUT2D eigenvalue weighted by Crippen LogP contribution is -3.06. The molecule has 0 bridgehead atoms. The van der Waals surface area contributed by atoms with Crippen molar-refractivity contribution in [3.05, 3.63) is 41.4 Å². The molecule has 2 nitrogen and oxygen atoms in total. The number of fused-ring (bicyclic) bond motifs is 1. The van der Waals surface area contributed by atoms with Crippen molar-refractivity contribution < 1.29 is 9.64 Å². The first-order valence-electron chi connectivity index (χ1n) is 5.77. The number of halogens is 1. The van der Waals surface area contributed by atoms with E-state index in [4.69, 9.17) is 16.3 Å². The monoisotopic (exact) mass is 250 g/mol. The molecule has 0 aliphatic rings. The van der Waals surface area contributed by atoms with Crippen LogP contribution >= 0.6 is 11.6 Å². The fraction of sp³-hybridized carbons (Fsp3) is 0.286. The Morgan fingerprint density at radius 2 is 1.88 bits per heavy atom. The van der Waals surface area contributed by atoms with Crippen molar-refractivity contribution in [3.8, 4) is 5.75 Å². The normalized spacial score (nSPS) is 11.1. The Balaban J connectivity index is 2.21. The van der Waals surface area contributed by atoms with Crippen LogP contribution in [0.5, 0.6) is 5.75 Å². The average molecular weight is 251 g/mol. The Kier molecular flexibility index (Phi) is 3.87. The Hall–Kier alpha value is -1.25. The van der Waals surface area contributed by atoms with Gasteiger partial charge in [-0.3, -0.25) is 0 Å². The van der Waals surface area contributed by atoms with Gasteiger partial charge in [0.2, 0.25) is 0 Å². The van der Waals surface area contributed by atoms with Crippen LogP contribution in [0.1, 0.15) is 0 Å². The standard InChI is InChI=1S/C14H16ClNO/c1-16(2)9-10-17-13-8-7-11-5-3-4-6-12(11)14(13)15/h3-8H,9-10H2,1-2H3/p+1. The largest absolute Gasteiger partial charge is 0.486 e. The molecular weight excluding hydrogens is 234 g/mol. The van der Waals surface area contributed by atoms with E-state index in [9.17, 15) is 0 Å². The van der Waals surface area contributed by atoms with E-state index < -0.39 is 0 Å². The van der Waals surface area contributed by atoms with Gasteiger partial charge in [0.1, 0.15) is 18.9 Å². The summed E-state index contributed by atoms with van der Waals surface area (Å²) in [7, 11) is 4.21. The maximum atomic E-state index is 6.33. The first-order chi connectivity index (χ1) is 8.18. The quantitative estimate of drug-likeness (QED) is 0.877. The van der Waals surface area contributed by atoms with Crippen molar-refractivity contribution in [3.63, 3.8) is 0 Å². The van der Waals surface area contributed by atoms with Crippen LogP contribution in [0.4, 0.5) is 0 Å². The molecule has 0 amide bonds. The maximum Gasteiger partial charge on any atom is 0.138 e. The predicted octanol–water partition coefficient (Wildman–Crippen LogP) is 2.02. The molecular formula is C14H17ClNO+. The topological polar surface area (TPSA) is 13.7 Å². The van der Waals surface area contributed by atoms with Crippen LogP contribution in [0.3, 0.4) is 0 Å². The second kappa shape index (κ2) is 5.39. The lowest BCUT2D eigenvalue weighted by Gasteiger charge is -2.11. The molecule has 90 valence electrons. The highest BCUT2D eigenvalue weighted by Crippen LogP contribution is 2.32. The van der Waals surface area contributed by atoms with E-state index in [1.54, 1.807) is 0 Å². The smallest absolute Gasteiger partial charge is 0.138 e. The highest BCUT2D eigenvalue weighted by molar-refractivity contribution is 6.37. The molecule has 0 aliphatic carbocycles. The summed E-state index contributed by atoms with van der Waals surface area (Å²) in [5.74, 6) is 0.770. The molecule has 2 rings (SSSR count). The van der Waals surface area contributed by atoms with E-state index in [0.29, 0.717) is 11.6 Å². The first kappa shape index (κ1) is 12.2. The first-order valence-corrected chi connectivity index (χ1v) is 6.15. The van der Waals surface area contributed by atoms with E-state index >= 15 is 0 Å². The van der Waals surface area contributed by atoms with Gasteiger partial charge in [0.25, 0.3) is 0 Å². The molecule has 0 fully saturated rings. The van der Waals surface area contributed by atoms with E-state index in [1.807, 2.05) is 30.3 Å². The Morgan fingerprint density at radius 1 is 1.12 bits per heavy atom. The fourth-order valence-electron chi connectivity index (χ4n) is 1.69. The molecule has 0 saturated carbocycles. The lowest BCUT2D eigenvalue weighted by atomic mass is 10.1. The number of hydrogen-bond donors (Lipinski definition) is 1. The van der Waals surface area contributed by atoms with Crippen molar-refractivity contribution in [2.75, 3.05) is 27.2 Å². The number of nitrogens with one attached hydrogen (secondary N) is 1. The molecule has 3 heteroatoms. The molecule has 2 aromatic rings. The van der Waals surface area contributed by atoms with Crippen molar-refractivity contribution in [1.29, 1.82) is 0 Å². The molecule has 0 radical (unpaired) electrons. The molecule has 0 aromatic heterocycles. The predicted molar refractivity (Wildman–Crippen MR) is 72.1 cm³/mol. The van der Waals surface area contributed by atoms with Crippen LogP contribution in [0.2, 0.25) is 5.02 Å². The van der Waals surface area contributed by atoms with Gasteiger partial charge in [-0.15, -0.1) is 0 Å². The summed E-state index contributed by atoms with van der Waals surface area (Å²) in [5.41, 5.74) is 0. The van der Waals surface area contributed by atoms with Gasteiger partial charge in [-0.25, -0.2) is 0 Å². The van der Waals surface area contributed by atoms with E-state index in [-0.39, 0.29) is 0 Å². The minimum Gasteiger partial charge on any atom is -0.486 e. The van der Waals surface area contributed by atoms with Crippen LogP contribution in [0, 0.1) is 0 Å². The Morgan fingerprint density at radius 3 is 2.65 bits per heavy atom. The average Bonchev–Trinajstić information content (AvgIpc) is 2.32. The second-order valence-electron chi connectivity index (χ2n) is 4.40. The number of benzene rings is 2. The molecule has 0 unspecified atom stereocenters. The van der Waals surface area contributed by atoms with E-state index in [0.717, 1.165) is 23.1 Å². The summed E-state index contributed by atoms with van der Waals surface area (Å²) in [5, 5.41) is 2.89. The van der Waals surface area contributed by atoms with Crippen molar-refractivity contribution >= 4 is 22.4 Å². The summed E-state index contributed by atoms with van der Waals surface area (Å²) in [6, 6.07) is 12.0. The van der Waals surface area contributed by atoms with Gasteiger partial charge in [-0.2, -0.15) is 0 Å². The summed E-state index contributed by atoms with van der Waals surface area (Å²) in [4.78, 5) is 1.36. The van der Waals surface area contributed by atoms with E-state index in [1.165, 1.54) is 4.90 Å². The zero-order valence-corrected chi connectivity index (χ0v) is 10.9. The molecule has 0 spiro atoms. The van der Waals surface area contributed by atoms with Gasteiger partial charge in [0.05, 0.1) is 19.1 Å². The molecule has 0 atom stereocenters. The molecule has 17 heavy (non-hydrogen) atoms. The fourth-order valence-corrected chi connectivity index (χ4v) is 1.98. The summed E-state index contributed by atoms with van der Waals surface area (Å²) in [6.07, 6.45) is 0.